The van der Waals surface area contributed by atoms with Crippen LogP contribution in [0.4, 0.5) is 11.4 Å². The third kappa shape index (κ3) is 2.39. The highest BCUT2D eigenvalue weighted by Crippen LogP contribution is 2.26. The summed E-state index contributed by atoms with van der Waals surface area (Å²) in [6.45, 7) is 4.64. The number of nitrogens with two attached hydrogens (primary N) is 1. The fourth-order valence-corrected chi connectivity index (χ4v) is 1.96. The zero-order chi connectivity index (χ0) is 11.5. The van der Waals surface area contributed by atoms with E-state index in [2.05, 4.69) is 11.8 Å². The number of anilines is 2. The Morgan fingerprint density at radius 2 is 2.25 bits per heavy atom. The van der Waals surface area contributed by atoms with E-state index in [9.17, 15) is 0 Å². The van der Waals surface area contributed by atoms with Gasteiger partial charge in [-0.3, -0.25) is 0 Å². The molecule has 0 saturated carbocycles. The van der Waals surface area contributed by atoms with Crippen LogP contribution in [0.1, 0.15) is 6.92 Å². The van der Waals surface area contributed by atoms with Crippen LogP contribution in [0.25, 0.3) is 0 Å². The molecular weight excluding hydrogens is 204 g/mol. The van der Waals surface area contributed by atoms with Crippen molar-refractivity contribution in [3.63, 3.8) is 0 Å². The minimum Gasteiger partial charge on any atom is -0.497 e. The van der Waals surface area contributed by atoms with Crippen LogP contribution in [0.5, 0.6) is 5.75 Å². The minimum atomic E-state index is 0.265. The predicted octanol–water partition coefficient (Wildman–Crippen LogP) is 1.50. The molecule has 88 valence electrons. The van der Waals surface area contributed by atoms with Gasteiger partial charge in [0.2, 0.25) is 0 Å². The van der Waals surface area contributed by atoms with Crippen molar-refractivity contribution in [2.24, 2.45) is 0 Å². The van der Waals surface area contributed by atoms with Crippen LogP contribution in [0.15, 0.2) is 18.2 Å². The molecule has 16 heavy (non-hydrogen) atoms. The Bertz CT molecular complexity index is 368. The first kappa shape index (κ1) is 11.1. The van der Waals surface area contributed by atoms with E-state index in [4.69, 9.17) is 15.2 Å². The van der Waals surface area contributed by atoms with Crippen molar-refractivity contribution in [2.75, 3.05) is 37.4 Å². The zero-order valence-corrected chi connectivity index (χ0v) is 9.77. The molecule has 1 heterocycles. The summed E-state index contributed by atoms with van der Waals surface area (Å²) in [5, 5.41) is 0. The number of hydrogen-bond acceptors (Lipinski definition) is 4. The Morgan fingerprint density at radius 3 is 2.94 bits per heavy atom. The molecule has 1 aliphatic heterocycles. The average Bonchev–Trinajstić information content (AvgIpc) is 2.28. The summed E-state index contributed by atoms with van der Waals surface area (Å²) in [7, 11) is 1.65. The number of morpholine rings is 1. The minimum absolute atomic E-state index is 0.265. The first-order valence-corrected chi connectivity index (χ1v) is 5.50. The first-order valence-electron chi connectivity index (χ1n) is 5.50. The molecule has 1 aliphatic rings. The van der Waals surface area contributed by atoms with E-state index in [1.54, 1.807) is 7.11 Å². The molecule has 1 fully saturated rings. The number of hydrogen-bond donors (Lipinski definition) is 1. The summed E-state index contributed by atoms with van der Waals surface area (Å²) in [5.41, 5.74) is 7.67. The average molecular weight is 222 g/mol. The molecule has 4 nitrogen and oxygen atoms in total. The summed E-state index contributed by atoms with van der Waals surface area (Å²) in [6.07, 6.45) is 0.265. The summed E-state index contributed by atoms with van der Waals surface area (Å²) in [6, 6.07) is 5.81. The maximum atomic E-state index is 5.84. The van der Waals surface area contributed by atoms with Crippen LogP contribution in [-0.4, -0.2) is 32.9 Å². The molecule has 4 heteroatoms. The highest BCUT2D eigenvalue weighted by molar-refractivity contribution is 5.60. The highest BCUT2D eigenvalue weighted by Gasteiger charge is 2.17. The second-order valence-corrected chi connectivity index (χ2v) is 4.09. The lowest BCUT2D eigenvalue weighted by Gasteiger charge is -2.33. The van der Waals surface area contributed by atoms with Gasteiger partial charge in [0.1, 0.15) is 5.75 Å². The molecule has 0 amide bonds. The fourth-order valence-electron chi connectivity index (χ4n) is 1.96. The van der Waals surface area contributed by atoms with E-state index in [1.165, 1.54) is 0 Å². The van der Waals surface area contributed by atoms with Crippen molar-refractivity contribution in [2.45, 2.75) is 13.0 Å². The number of methoxy groups -OCH3 is 1. The van der Waals surface area contributed by atoms with Gasteiger partial charge in [-0.1, -0.05) is 0 Å². The van der Waals surface area contributed by atoms with Crippen LogP contribution in [0, 0.1) is 0 Å². The van der Waals surface area contributed by atoms with E-state index < -0.39 is 0 Å². The Balaban J connectivity index is 2.21. The Morgan fingerprint density at radius 1 is 1.44 bits per heavy atom. The summed E-state index contributed by atoms with van der Waals surface area (Å²) in [4.78, 5) is 2.27. The van der Waals surface area contributed by atoms with Gasteiger partial charge in [-0.05, 0) is 13.0 Å². The molecule has 1 saturated heterocycles. The van der Waals surface area contributed by atoms with E-state index in [0.717, 1.165) is 36.8 Å². The number of ether oxygens (including phenoxy) is 2. The highest BCUT2D eigenvalue weighted by atomic mass is 16.5. The van der Waals surface area contributed by atoms with Gasteiger partial charge in [-0.15, -0.1) is 0 Å². The molecule has 0 aromatic heterocycles. The molecule has 1 aromatic carbocycles. The molecule has 1 atom stereocenters. The topological polar surface area (TPSA) is 47.7 Å². The predicted molar refractivity (Wildman–Crippen MR) is 65.0 cm³/mol. The Kier molecular flexibility index (Phi) is 3.19. The van der Waals surface area contributed by atoms with Gasteiger partial charge < -0.3 is 20.1 Å². The first-order chi connectivity index (χ1) is 7.69. The Hall–Kier alpha value is -1.42. The van der Waals surface area contributed by atoms with Gasteiger partial charge in [-0.2, -0.15) is 0 Å². The standard InChI is InChI=1S/C12H18N2O2/c1-9-8-14(3-4-16-9)11-5-10(13)6-12(7-11)15-2/h5-7,9H,3-4,8,13H2,1-2H3. The van der Waals surface area contributed by atoms with Gasteiger partial charge in [0.15, 0.2) is 0 Å². The fraction of sp³-hybridized carbons (Fsp3) is 0.500. The number of rotatable bonds is 2. The van der Waals surface area contributed by atoms with Crippen molar-refractivity contribution in [1.82, 2.24) is 0 Å². The van der Waals surface area contributed by atoms with Gasteiger partial charge in [0, 0.05) is 36.6 Å². The van der Waals surface area contributed by atoms with Crippen molar-refractivity contribution < 1.29 is 9.47 Å². The van der Waals surface area contributed by atoms with Crippen LogP contribution in [0.3, 0.4) is 0 Å². The van der Waals surface area contributed by atoms with Crippen molar-refractivity contribution >= 4 is 11.4 Å². The maximum Gasteiger partial charge on any atom is 0.122 e. The molecule has 0 radical (unpaired) electrons. The zero-order valence-electron chi connectivity index (χ0n) is 9.77. The van der Waals surface area contributed by atoms with Gasteiger partial charge in [0.25, 0.3) is 0 Å². The normalized spacial score (nSPS) is 20.9. The van der Waals surface area contributed by atoms with Crippen LogP contribution in [-0.2, 0) is 4.74 Å². The maximum absolute atomic E-state index is 5.84. The van der Waals surface area contributed by atoms with E-state index >= 15 is 0 Å². The monoisotopic (exact) mass is 222 g/mol. The van der Waals surface area contributed by atoms with Crippen LogP contribution < -0.4 is 15.4 Å². The van der Waals surface area contributed by atoms with Crippen molar-refractivity contribution in [3.8, 4) is 5.75 Å². The lowest BCUT2D eigenvalue weighted by molar-refractivity contribution is 0.0532. The molecule has 1 unspecified atom stereocenters. The lowest BCUT2D eigenvalue weighted by atomic mass is 10.2. The van der Waals surface area contributed by atoms with Crippen LogP contribution >= 0.6 is 0 Å². The molecule has 2 N–H and O–H groups in total. The molecule has 0 aliphatic carbocycles. The van der Waals surface area contributed by atoms with E-state index in [1.807, 2.05) is 18.2 Å². The Labute approximate surface area is 95.9 Å². The van der Waals surface area contributed by atoms with E-state index in [-0.39, 0.29) is 6.10 Å². The van der Waals surface area contributed by atoms with Crippen molar-refractivity contribution in [3.05, 3.63) is 18.2 Å². The molecule has 2 rings (SSSR count). The van der Waals surface area contributed by atoms with Crippen LogP contribution in [0.2, 0.25) is 0 Å². The van der Waals surface area contributed by atoms with E-state index in [0.29, 0.717) is 0 Å². The molecule has 0 bridgehead atoms. The van der Waals surface area contributed by atoms with Gasteiger partial charge >= 0.3 is 0 Å². The summed E-state index contributed by atoms with van der Waals surface area (Å²) in [5.74, 6) is 0.800. The van der Waals surface area contributed by atoms with Gasteiger partial charge in [-0.25, -0.2) is 0 Å². The second-order valence-electron chi connectivity index (χ2n) is 4.09. The smallest absolute Gasteiger partial charge is 0.122 e. The SMILES string of the molecule is COc1cc(N)cc(N2CCOC(C)C2)c1. The molecule has 1 aromatic rings. The largest absolute Gasteiger partial charge is 0.497 e. The third-order valence-corrected chi connectivity index (χ3v) is 2.76. The molecule has 0 spiro atoms. The lowest BCUT2D eigenvalue weighted by Crippen LogP contribution is -2.41. The number of benzene rings is 1. The quantitative estimate of drug-likeness (QED) is 0.770. The summed E-state index contributed by atoms with van der Waals surface area (Å²) < 4.78 is 10.7. The third-order valence-electron chi connectivity index (χ3n) is 2.76. The number of nitrogen functional groups attached to an aromatic ring is 1. The summed E-state index contributed by atoms with van der Waals surface area (Å²) >= 11 is 0. The van der Waals surface area contributed by atoms with Crippen molar-refractivity contribution in [1.29, 1.82) is 0 Å². The molecular formula is C12H18N2O2. The number of nitrogens with zero attached hydrogens (tertiary/aromatic N) is 1. The van der Waals surface area contributed by atoms with Gasteiger partial charge in [0.05, 0.1) is 19.8 Å². The second kappa shape index (κ2) is 4.61.